The maximum atomic E-state index is 11.7. The summed E-state index contributed by atoms with van der Waals surface area (Å²) in [6.07, 6.45) is 4.15. The molecule has 0 unspecified atom stereocenters. The number of carbonyl (C=O) groups excluding carboxylic acids is 1. The largest absolute Gasteiger partial charge is 0.366 e. The van der Waals surface area contributed by atoms with Crippen molar-refractivity contribution in [3.05, 3.63) is 60.3 Å². The third kappa shape index (κ3) is 5.05. The molecule has 0 atom stereocenters. The zero-order valence-corrected chi connectivity index (χ0v) is 21.6. The van der Waals surface area contributed by atoms with Crippen molar-refractivity contribution in [2.75, 3.05) is 56.5 Å². The van der Waals surface area contributed by atoms with E-state index in [2.05, 4.69) is 42.0 Å². The molecule has 2 aliphatic heterocycles. The lowest BCUT2D eigenvalue weighted by molar-refractivity contribution is 0.0981. The van der Waals surface area contributed by atoms with Gasteiger partial charge in [-0.1, -0.05) is 6.07 Å². The molecule has 0 bridgehead atoms. The molecule has 2 aromatic heterocycles. The van der Waals surface area contributed by atoms with E-state index in [4.69, 9.17) is 10.7 Å². The van der Waals surface area contributed by atoms with Crippen molar-refractivity contribution >= 4 is 34.4 Å². The fourth-order valence-corrected chi connectivity index (χ4v) is 5.44. The van der Waals surface area contributed by atoms with Crippen molar-refractivity contribution in [2.45, 2.75) is 18.9 Å². The smallest absolute Gasteiger partial charge is 0.250 e. The number of likely N-dealkylation sites (N-methyl/N-ethyl adjacent to an activating group) is 1. The highest BCUT2D eigenvalue weighted by Gasteiger charge is 2.27. The minimum atomic E-state index is -0.491. The van der Waals surface area contributed by atoms with Gasteiger partial charge < -0.3 is 25.8 Å². The number of imidazole rings is 1. The summed E-state index contributed by atoms with van der Waals surface area (Å²) >= 11 is 0. The van der Waals surface area contributed by atoms with Crippen molar-refractivity contribution in [1.29, 1.82) is 0 Å². The van der Waals surface area contributed by atoms with Crippen molar-refractivity contribution in [3.8, 4) is 11.4 Å². The molecule has 0 aliphatic carbocycles. The van der Waals surface area contributed by atoms with Gasteiger partial charge in [0.2, 0.25) is 5.95 Å². The molecule has 2 aliphatic rings. The maximum absolute atomic E-state index is 11.7. The average molecular weight is 512 g/mol. The molecule has 4 heterocycles. The van der Waals surface area contributed by atoms with Crippen LogP contribution >= 0.6 is 0 Å². The predicted molar refractivity (Wildman–Crippen MR) is 150 cm³/mol. The van der Waals surface area contributed by atoms with Gasteiger partial charge in [-0.2, -0.15) is 4.98 Å². The van der Waals surface area contributed by atoms with Gasteiger partial charge in [-0.25, -0.2) is 9.97 Å². The SMILES string of the molecule is CN1CCN(C2CCN(c3ccnc(Nc4ccc(-c5nc6c(C(N)=O)cccc6[nH]5)cc4)n3)CC2)CC1. The van der Waals surface area contributed by atoms with Gasteiger partial charge in [-0.15, -0.1) is 0 Å². The number of H-pyrrole nitrogens is 1. The van der Waals surface area contributed by atoms with Crippen molar-refractivity contribution in [1.82, 2.24) is 29.7 Å². The number of aromatic amines is 1. The lowest BCUT2D eigenvalue weighted by Crippen LogP contribution is -2.52. The first-order chi connectivity index (χ1) is 18.5. The highest BCUT2D eigenvalue weighted by atomic mass is 16.1. The Labute approximate surface area is 221 Å². The second-order valence-corrected chi connectivity index (χ2v) is 10.1. The van der Waals surface area contributed by atoms with Crippen LogP contribution in [0.25, 0.3) is 22.4 Å². The van der Waals surface area contributed by atoms with Crippen LogP contribution in [0.1, 0.15) is 23.2 Å². The molecule has 0 radical (unpaired) electrons. The van der Waals surface area contributed by atoms with Crippen molar-refractivity contribution in [3.63, 3.8) is 0 Å². The Morgan fingerprint density at radius 1 is 0.974 bits per heavy atom. The van der Waals surface area contributed by atoms with Crippen LogP contribution in [0.3, 0.4) is 0 Å². The molecule has 2 saturated heterocycles. The molecule has 10 heteroatoms. The maximum Gasteiger partial charge on any atom is 0.250 e. The van der Waals surface area contributed by atoms with Gasteiger partial charge in [0, 0.05) is 62.8 Å². The molecule has 0 saturated carbocycles. The number of carbonyl (C=O) groups is 1. The molecule has 0 spiro atoms. The molecule has 10 nitrogen and oxygen atoms in total. The molecule has 4 aromatic rings. The lowest BCUT2D eigenvalue weighted by atomic mass is 10.0. The Balaban J connectivity index is 1.10. The highest BCUT2D eigenvalue weighted by molar-refractivity contribution is 6.04. The third-order valence-corrected chi connectivity index (χ3v) is 7.68. The second kappa shape index (κ2) is 10.4. The number of hydrogen-bond acceptors (Lipinski definition) is 8. The van der Waals surface area contributed by atoms with Crippen LogP contribution < -0.4 is 16.0 Å². The molecule has 38 heavy (non-hydrogen) atoms. The van der Waals surface area contributed by atoms with E-state index in [1.54, 1.807) is 12.1 Å². The summed E-state index contributed by atoms with van der Waals surface area (Å²) in [6, 6.07) is 15.9. The van der Waals surface area contributed by atoms with Crippen molar-refractivity contribution < 1.29 is 4.79 Å². The number of piperidine rings is 1. The highest BCUT2D eigenvalue weighted by Crippen LogP contribution is 2.26. The van der Waals surface area contributed by atoms with E-state index >= 15 is 0 Å². The van der Waals surface area contributed by atoms with E-state index in [0.29, 0.717) is 28.9 Å². The van der Waals surface area contributed by atoms with E-state index in [0.717, 1.165) is 48.8 Å². The quantitative estimate of drug-likeness (QED) is 0.361. The Hall–Kier alpha value is -4.02. The van der Waals surface area contributed by atoms with Gasteiger partial charge in [0.1, 0.15) is 17.2 Å². The first-order valence-corrected chi connectivity index (χ1v) is 13.2. The molecule has 1 amide bonds. The molecular formula is C28H33N9O. The zero-order valence-electron chi connectivity index (χ0n) is 21.6. The molecular weight excluding hydrogens is 478 g/mol. The van der Waals surface area contributed by atoms with Gasteiger partial charge in [-0.3, -0.25) is 9.69 Å². The number of piperazine rings is 1. The van der Waals surface area contributed by atoms with Gasteiger partial charge >= 0.3 is 0 Å². The van der Waals surface area contributed by atoms with Crippen LogP contribution in [0.2, 0.25) is 0 Å². The molecule has 4 N–H and O–H groups in total. The van der Waals surface area contributed by atoms with Crippen LogP contribution in [-0.4, -0.2) is 88.0 Å². The van der Waals surface area contributed by atoms with Gasteiger partial charge in [0.05, 0.1) is 11.1 Å². The topological polar surface area (TPSA) is 119 Å². The number of para-hydroxylation sites is 1. The van der Waals surface area contributed by atoms with Gasteiger partial charge in [-0.05, 0) is 62.4 Å². The van der Waals surface area contributed by atoms with E-state index in [1.165, 1.54) is 25.9 Å². The number of hydrogen-bond donors (Lipinski definition) is 3. The molecule has 6 rings (SSSR count). The summed E-state index contributed by atoms with van der Waals surface area (Å²) in [5.74, 6) is 1.73. The predicted octanol–water partition coefficient (Wildman–Crippen LogP) is 3.08. The van der Waals surface area contributed by atoms with Crippen molar-refractivity contribution in [2.24, 2.45) is 5.73 Å². The molecule has 196 valence electrons. The third-order valence-electron chi connectivity index (χ3n) is 7.68. The number of amides is 1. The summed E-state index contributed by atoms with van der Waals surface area (Å²) in [6.45, 7) is 6.69. The fraction of sp³-hybridized carbons (Fsp3) is 0.357. The Morgan fingerprint density at radius 3 is 2.47 bits per heavy atom. The zero-order chi connectivity index (χ0) is 26.1. The number of nitrogens with one attached hydrogen (secondary N) is 2. The average Bonchev–Trinajstić information content (AvgIpc) is 3.39. The van der Waals surface area contributed by atoms with Gasteiger partial charge in [0.25, 0.3) is 5.91 Å². The fourth-order valence-electron chi connectivity index (χ4n) is 5.44. The number of fused-ring (bicyclic) bond motifs is 1. The molecule has 2 fully saturated rings. The number of aromatic nitrogens is 4. The van der Waals surface area contributed by atoms with E-state index in [-0.39, 0.29) is 0 Å². The number of benzene rings is 2. The minimum Gasteiger partial charge on any atom is -0.366 e. The Bertz CT molecular complexity index is 1420. The summed E-state index contributed by atoms with van der Waals surface area (Å²) < 4.78 is 0. The Morgan fingerprint density at radius 2 is 1.74 bits per heavy atom. The Kier molecular flexibility index (Phi) is 6.65. The van der Waals surface area contributed by atoms with Crippen LogP contribution in [0, 0.1) is 0 Å². The van der Waals surface area contributed by atoms with Crippen LogP contribution in [0.4, 0.5) is 17.5 Å². The normalized spacial score (nSPS) is 17.7. The van der Waals surface area contributed by atoms with Crippen LogP contribution in [-0.2, 0) is 0 Å². The lowest BCUT2D eigenvalue weighted by Gasteiger charge is -2.42. The van der Waals surface area contributed by atoms with Crippen LogP contribution in [0.5, 0.6) is 0 Å². The summed E-state index contributed by atoms with van der Waals surface area (Å²) in [4.78, 5) is 36.3. The number of primary amides is 1. The van der Waals surface area contributed by atoms with Gasteiger partial charge in [0.15, 0.2) is 0 Å². The molecule has 2 aromatic carbocycles. The monoisotopic (exact) mass is 511 g/mol. The number of nitrogens with zero attached hydrogens (tertiary/aromatic N) is 6. The van der Waals surface area contributed by atoms with E-state index < -0.39 is 5.91 Å². The van der Waals surface area contributed by atoms with E-state index in [9.17, 15) is 4.79 Å². The first kappa shape index (κ1) is 24.3. The number of rotatable bonds is 6. The summed E-state index contributed by atoms with van der Waals surface area (Å²) in [5, 5.41) is 3.32. The number of anilines is 3. The summed E-state index contributed by atoms with van der Waals surface area (Å²) in [5.41, 5.74) is 9.05. The number of nitrogens with two attached hydrogens (primary N) is 1. The van der Waals surface area contributed by atoms with Crippen LogP contribution in [0.15, 0.2) is 54.7 Å². The first-order valence-electron chi connectivity index (χ1n) is 13.2. The minimum absolute atomic E-state index is 0.406. The van der Waals surface area contributed by atoms with E-state index in [1.807, 2.05) is 42.6 Å². The standard InChI is InChI=1S/C28H33N9O/c1-35-15-17-36(18-16-35)21-10-13-37(14-11-21)24-9-12-30-28(33-24)31-20-7-5-19(6-8-20)27-32-23-4-2-3-22(26(29)38)25(23)34-27/h2-9,12,21H,10-11,13-18H2,1H3,(H2,29,38)(H,32,34)(H,30,31,33). The second-order valence-electron chi connectivity index (χ2n) is 10.1. The summed E-state index contributed by atoms with van der Waals surface area (Å²) in [7, 11) is 2.21.